The molecule has 8 heteroatoms. The topological polar surface area (TPSA) is 79.8 Å². The minimum atomic E-state index is -0.512. The van der Waals surface area contributed by atoms with Gasteiger partial charge in [0.15, 0.2) is 5.17 Å². The lowest BCUT2D eigenvalue weighted by atomic mass is 10.2. The maximum absolute atomic E-state index is 12.8. The summed E-state index contributed by atoms with van der Waals surface area (Å²) in [5, 5.41) is 5.24. The quantitative estimate of drug-likeness (QED) is 0.775. The number of hydrogen-bond acceptors (Lipinski definition) is 5. The van der Waals surface area contributed by atoms with Crippen LogP contribution in [0.3, 0.4) is 0 Å². The minimum Gasteiger partial charge on any atom is -0.383 e. The number of nitrogens with zero attached hydrogens (tertiary/aromatic N) is 1. The number of ether oxygens (including phenoxy) is 1. The standard InChI is InChI=1S/C14H16FN3O3S/c1-21-7-6-16-14-18-13(20)11(22-14)8-12(19)17-10-4-2-9(15)3-5-10/h2-5,11H,6-8H2,1H3,(H,17,19)(H,16,18,20)/t11-/m0/s1. The van der Waals surface area contributed by atoms with Crippen molar-refractivity contribution >= 4 is 34.4 Å². The first-order chi connectivity index (χ1) is 10.6. The van der Waals surface area contributed by atoms with Gasteiger partial charge in [0.25, 0.3) is 0 Å². The summed E-state index contributed by atoms with van der Waals surface area (Å²) in [4.78, 5) is 27.8. The summed E-state index contributed by atoms with van der Waals surface area (Å²) < 4.78 is 17.7. The van der Waals surface area contributed by atoms with Gasteiger partial charge in [-0.3, -0.25) is 14.6 Å². The molecule has 1 heterocycles. The Balaban J connectivity index is 1.85. The highest BCUT2D eigenvalue weighted by Crippen LogP contribution is 2.23. The number of carbonyl (C=O) groups excluding carboxylic acids is 2. The van der Waals surface area contributed by atoms with E-state index in [4.69, 9.17) is 4.74 Å². The number of amides is 2. The Morgan fingerprint density at radius 2 is 2.18 bits per heavy atom. The number of anilines is 1. The first-order valence-electron chi connectivity index (χ1n) is 6.65. The Bertz CT molecular complexity index is 577. The second kappa shape index (κ2) is 7.90. The number of halogens is 1. The second-order valence-corrected chi connectivity index (χ2v) is 5.73. The number of hydrogen-bond donors (Lipinski definition) is 2. The molecule has 2 amide bonds. The first kappa shape index (κ1) is 16.4. The van der Waals surface area contributed by atoms with Gasteiger partial charge in [-0.25, -0.2) is 4.39 Å². The molecule has 2 N–H and O–H groups in total. The van der Waals surface area contributed by atoms with E-state index in [0.717, 1.165) is 0 Å². The van der Waals surface area contributed by atoms with Crippen molar-refractivity contribution in [2.45, 2.75) is 11.7 Å². The average molecular weight is 325 g/mol. The molecule has 1 aliphatic rings. The Labute approximate surface area is 131 Å². The summed E-state index contributed by atoms with van der Waals surface area (Å²) in [6.07, 6.45) is 0.0250. The molecule has 0 radical (unpaired) electrons. The molecule has 6 nitrogen and oxygen atoms in total. The van der Waals surface area contributed by atoms with E-state index < -0.39 is 5.25 Å². The van der Waals surface area contributed by atoms with Gasteiger partial charge in [-0.05, 0) is 24.3 Å². The van der Waals surface area contributed by atoms with Gasteiger partial charge in [-0.1, -0.05) is 11.8 Å². The van der Waals surface area contributed by atoms with Crippen LogP contribution in [0, 0.1) is 5.82 Å². The molecule has 1 aromatic rings. The molecule has 22 heavy (non-hydrogen) atoms. The van der Waals surface area contributed by atoms with Gasteiger partial charge in [-0.2, -0.15) is 0 Å². The van der Waals surface area contributed by atoms with Crippen LogP contribution in [-0.4, -0.2) is 42.5 Å². The van der Waals surface area contributed by atoms with Crippen LogP contribution >= 0.6 is 11.8 Å². The van der Waals surface area contributed by atoms with Crippen molar-refractivity contribution in [1.29, 1.82) is 0 Å². The van der Waals surface area contributed by atoms with E-state index in [-0.39, 0.29) is 24.1 Å². The summed E-state index contributed by atoms with van der Waals surface area (Å²) in [7, 11) is 1.57. The van der Waals surface area contributed by atoms with Crippen molar-refractivity contribution in [3.05, 3.63) is 30.1 Å². The fourth-order valence-electron chi connectivity index (χ4n) is 1.77. The zero-order valence-corrected chi connectivity index (χ0v) is 12.8. The third-order valence-corrected chi connectivity index (χ3v) is 3.95. The fourth-order valence-corrected chi connectivity index (χ4v) is 2.76. The van der Waals surface area contributed by atoms with Crippen LogP contribution < -0.4 is 10.6 Å². The lowest BCUT2D eigenvalue weighted by Crippen LogP contribution is -2.28. The summed E-state index contributed by atoms with van der Waals surface area (Å²) in [6, 6.07) is 5.44. The van der Waals surface area contributed by atoms with Crippen LogP contribution in [0.25, 0.3) is 0 Å². The number of methoxy groups -OCH3 is 1. The van der Waals surface area contributed by atoms with Crippen LogP contribution in [0.2, 0.25) is 0 Å². The molecule has 0 bridgehead atoms. The molecule has 1 fully saturated rings. The zero-order valence-electron chi connectivity index (χ0n) is 12.0. The molecule has 0 unspecified atom stereocenters. The van der Waals surface area contributed by atoms with E-state index in [9.17, 15) is 14.0 Å². The molecule has 0 spiro atoms. The molecular formula is C14H16FN3O3S. The van der Waals surface area contributed by atoms with E-state index in [1.807, 2.05) is 0 Å². The van der Waals surface area contributed by atoms with E-state index >= 15 is 0 Å². The Kier molecular flexibility index (Phi) is 5.91. The second-order valence-electron chi connectivity index (χ2n) is 4.53. The molecule has 0 aromatic heterocycles. The number of nitrogens with one attached hydrogen (secondary N) is 2. The highest BCUT2D eigenvalue weighted by Gasteiger charge is 2.31. The third kappa shape index (κ3) is 4.81. The number of rotatable bonds is 6. The van der Waals surface area contributed by atoms with Crippen LogP contribution in [0.15, 0.2) is 29.3 Å². The Morgan fingerprint density at radius 3 is 2.86 bits per heavy atom. The van der Waals surface area contributed by atoms with Gasteiger partial charge in [0.2, 0.25) is 11.8 Å². The predicted molar refractivity (Wildman–Crippen MR) is 83.3 cm³/mol. The van der Waals surface area contributed by atoms with Crippen molar-refractivity contribution in [1.82, 2.24) is 5.32 Å². The third-order valence-electron chi connectivity index (χ3n) is 2.83. The molecule has 2 rings (SSSR count). The Hall–Kier alpha value is -1.93. The van der Waals surface area contributed by atoms with Gasteiger partial charge < -0.3 is 15.4 Å². The van der Waals surface area contributed by atoms with Crippen LogP contribution in [0.1, 0.15) is 6.42 Å². The summed E-state index contributed by atoms with van der Waals surface area (Å²) in [6.45, 7) is 0.920. The van der Waals surface area contributed by atoms with E-state index in [1.165, 1.54) is 36.0 Å². The number of aliphatic imine (C=N–C) groups is 1. The first-order valence-corrected chi connectivity index (χ1v) is 7.53. The largest absolute Gasteiger partial charge is 0.383 e. The predicted octanol–water partition coefficient (Wildman–Crippen LogP) is 1.39. The summed E-state index contributed by atoms with van der Waals surface area (Å²) in [5.41, 5.74) is 0.490. The van der Waals surface area contributed by atoms with Crippen LogP contribution in [-0.2, 0) is 14.3 Å². The number of thioether (sulfide) groups is 1. The van der Waals surface area contributed by atoms with Gasteiger partial charge >= 0.3 is 0 Å². The lowest BCUT2D eigenvalue weighted by Gasteiger charge is -2.07. The highest BCUT2D eigenvalue weighted by atomic mass is 32.2. The van der Waals surface area contributed by atoms with Crippen molar-refractivity contribution in [3.63, 3.8) is 0 Å². The normalized spacial score (nSPS) is 19.3. The van der Waals surface area contributed by atoms with Crippen molar-refractivity contribution in [3.8, 4) is 0 Å². The van der Waals surface area contributed by atoms with Crippen LogP contribution in [0.5, 0.6) is 0 Å². The smallest absolute Gasteiger partial charge is 0.240 e. The average Bonchev–Trinajstić information content (AvgIpc) is 2.82. The molecule has 1 aliphatic heterocycles. The number of benzene rings is 1. The van der Waals surface area contributed by atoms with Crippen LogP contribution in [0.4, 0.5) is 10.1 Å². The minimum absolute atomic E-state index is 0.0250. The summed E-state index contributed by atoms with van der Waals surface area (Å²) >= 11 is 1.22. The summed E-state index contributed by atoms with van der Waals surface area (Å²) in [5.74, 6) is -0.923. The van der Waals surface area contributed by atoms with E-state index in [2.05, 4.69) is 15.6 Å². The monoisotopic (exact) mass is 325 g/mol. The molecule has 118 valence electrons. The van der Waals surface area contributed by atoms with E-state index in [0.29, 0.717) is 24.0 Å². The maximum atomic E-state index is 12.8. The van der Waals surface area contributed by atoms with Gasteiger partial charge in [0.05, 0.1) is 13.2 Å². The molecular weight excluding hydrogens is 309 g/mol. The highest BCUT2D eigenvalue weighted by molar-refractivity contribution is 8.15. The van der Waals surface area contributed by atoms with Crippen molar-refractivity contribution in [2.24, 2.45) is 4.99 Å². The van der Waals surface area contributed by atoms with Gasteiger partial charge in [0.1, 0.15) is 11.1 Å². The zero-order chi connectivity index (χ0) is 15.9. The number of amidine groups is 1. The van der Waals surface area contributed by atoms with E-state index in [1.54, 1.807) is 7.11 Å². The van der Waals surface area contributed by atoms with Crippen molar-refractivity contribution in [2.75, 3.05) is 25.6 Å². The SMILES string of the molecule is COCCN=C1NC(=O)[C@H](CC(=O)Nc2ccc(F)cc2)S1. The van der Waals surface area contributed by atoms with Gasteiger partial charge in [-0.15, -0.1) is 0 Å². The molecule has 0 saturated carbocycles. The number of carbonyl (C=O) groups is 2. The lowest BCUT2D eigenvalue weighted by molar-refractivity contribution is -0.122. The molecule has 1 aromatic carbocycles. The maximum Gasteiger partial charge on any atom is 0.240 e. The Morgan fingerprint density at radius 1 is 1.45 bits per heavy atom. The van der Waals surface area contributed by atoms with Crippen molar-refractivity contribution < 1.29 is 18.7 Å². The molecule has 0 aliphatic carbocycles. The molecule has 1 saturated heterocycles. The molecule has 1 atom stereocenters. The fraction of sp³-hybridized carbons (Fsp3) is 0.357. The van der Waals surface area contributed by atoms with Gasteiger partial charge in [0, 0.05) is 19.2 Å².